The van der Waals surface area contributed by atoms with Crippen LogP contribution in [0.25, 0.3) is 0 Å². The Labute approximate surface area is 109 Å². The first kappa shape index (κ1) is 13.5. The summed E-state index contributed by atoms with van der Waals surface area (Å²) in [6.07, 6.45) is 3.81. The molecule has 1 nitrogen and oxygen atoms in total. The number of unbranched alkanes of at least 4 members (excludes halogenated alkanes) is 1. The minimum absolute atomic E-state index is 0.588. The van der Waals surface area contributed by atoms with Crippen LogP contribution in [0.3, 0.4) is 0 Å². The standard InChI is InChI=1S/C11H17BrClNS/c1-3-4-5-8(2)14-7-9-6-10(12)11(13)15-9/h6,8,14H,3-5,7H2,1-2H3. The lowest BCUT2D eigenvalue weighted by molar-refractivity contribution is 0.497. The lowest BCUT2D eigenvalue weighted by atomic mass is 10.1. The quantitative estimate of drug-likeness (QED) is 0.793. The van der Waals surface area contributed by atoms with Gasteiger partial charge in [-0.2, -0.15) is 0 Å². The normalized spacial score (nSPS) is 13.1. The monoisotopic (exact) mass is 309 g/mol. The van der Waals surface area contributed by atoms with Gasteiger partial charge in [0.1, 0.15) is 4.34 Å². The summed E-state index contributed by atoms with van der Waals surface area (Å²) < 4.78 is 1.85. The van der Waals surface area contributed by atoms with Gasteiger partial charge in [-0.1, -0.05) is 31.4 Å². The Morgan fingerprint density at radius 1 is 1.60 bits per heavy atom. The first-order valence-corrected chi connectivity index (χ1v) is 7.29. The topological polar surface area (TPSA) is 12.0 Å². The van der Waals surface area contributed by atoms with Crippen molar-refractivity contribution in [2.24, 2.45) is 0 Å². The fraction of sp³-hybridized carbons (Fsp3) is 0.636. The van der Waals surface area contributed by atoms with Crippen LogP contribution in [-0.4, -0.2) is 6.04 Å². The van der Waals surface area contributed by atoms with Crippen LogP contribution < -0.4 is 5.32 Å². The molecule has 0 saturated carbocycles. The molecule has 0 aliphatic carbocycles. The third kappa shape index (κ3) is 4.85. The van der Waals surface area contributed by atoms with Crippen molar-refractivity contribution in [3.05, 3.63) is 19.8 Å². The summed E-state index contributed by atoms with van der Waals surface area (Å²) in [5.74, 6) is 0. The molecule has 0 aromatic carbocycles. The van der Waals surface area contributed by atoms with Crippen molar-refractivity contribution in [1.82, 2.24) is 5.32 Å². The molecule has 1 unspecified atom stereocenters. The summed E-state index contributed by atoms with van der Waals surface area (Å²) in [4.78, 5) is 1.29. The fourth-order valence-electron chi connectivity index (χ4n) is 1.37. The van der Waals surface area contributed by atoms with Gasteiger partial charge in [-0.15, -0.1) is 11.3 Å². The van der Waals surface area contributed by atoms with Gasteiger partial charge >= 0.3 is 0 Å². The molecule has 0 aliphatic rings. The molecule has 0 amide bonds. The molecule has 15 heavy (non-hydrogen) atoms. The van der Waals surface area contributed by atoms with E-state index in [1.54, 1.807) is 11.3 Å². The molecule has 0 saturated heterocycles. The number of rotatable bonds is 6. The predicted octanol–water partition coefficient (Wildman–Crippen LogP) is 4.83. The molecular formula is C11H17BrClNS. The van der Waals surface area contributed by atoms with Gasteiger partial charge in [0.05, 0.1) is 0 Å². The summed E-state index contributed by atoms with van der Waals surface area (Å²) in [5.41, 5.74) is 0. The molecule has 0 radical (unpaired) electrons. The van der Waals surface area contributed by atoms with Crippen molar-refractivity contribution in [3.63, 3.8) is 0 Å². The van der Waals surface area contributed by atoms with Crippen molar-refractivity contribution in [3.8, 4) is 0 Å². The number of thiophene rings is 1. The second-order valence-corrected chi connectivity index (χ2v) is 6.35. The van der Waals surface area contributed by atoms with Crippen LogP contribution in [-0.2, 0) is 6.54 Å². The van der Waals surface area contributed by atoms with E-state index >= 15 is 0 Å². The fourth-order valence-corrected chi connectivity index (χ4v) is 3.11. The van der Waals surface area contributed by atoms with Crippen molar-refractivity contribution in [2.45, 2.75) is 45.7 Å². The van der Waals surface area contributed by atoms with E-state index in [1.807, 2.05) is 0 Å². The molecule has 1 aromatic heterocycles. The van der Waals surface area contributed by atoms with Crippen LogP contribution in [0.2, 0.25) is 4.34 Å². The van der Waals surface area contributed by atoms with Crippen LogP contribution in [0.15, 0.2) is 10.5 Å². The molecule has 86 valence electrons. The van der Waals surface area contributed by atoms with Crippen molar-refractivity contribution < 1.29 is 0 Å². The summed E-state index contributed by atoms with van der Waals surface area (Å²) in [7, 11) is 0. The second-order valence-electron chi connectivity index (χ2n) is 3.76. The molecule has 0 aliphatic heterocycles. The zero-order valence-corrected chi connectivity index (χ0v) is 12.3. The highest BCUT2D eigenvalue weighted by molar-refractivity contribution is 9.10. The smallest absolute Gasteiger partial charge is 0.107 e. The minimum atomic E-state index is 0.588. The zero-order valence-electron chi connectivity index (χ0n) is 9.15. The number of hydrogen-bond donors (Lipinski definition) is 1. The van der Waals surface area contributed by atoms with E-state index in [2.05, 4.69) is 41.2 Å². The maximum Gasteiger partial charge on any atom is 0.107 e. The Bertz CT molecular complexity index is 281. The summed E-state index contributed by atoms with van der Waals surface area (Å²) in [6.45, 7) is 5.38. The van der Waals surface area contributed by atoms with Crippen molar-refractivity contribution >= 4 is 38.9 Å². The minimum Gasteiger partial charge on any atom is -0.309 e. The molecule has 0 spiro atoms. The van der Waals surface area contributed by atoms with E-state index in [-0.39, 0.29) is 0 Å². The maximum absolute atomic E-state index is 5.97. The Hall–Kier alpha value is 0.430. The van der Waals surface area contributed by atoms with Gasteiger partial charge in [0, 0.05) is 21.9 Å². The highest BCUT2D eigenvalue weighted by Gasteiger charge is 2.06. The number of nitrogens with one attached hydrogen (secondary N) is 1. The van der Waals surface area contributed by atoms with Gasteiger partial charge in [-0.05, 0) is 35.3 Å². The molecule has 1 atom stereocenters. The zero-order chi connectivity index (χ0) is 11.3. The SMILES string of the molecule is CCCCC(C)NCc1cc(Br)c(Cl)s1. The second kappa shape index (κ2) is 6.89. The van der Waals surface area contributed by atoms with Crippen molar-refractivity contribution in [2.75, 3.05) is 0 Å². The van der Waals surface area contributed by atoms with E-state index in [4.69, 9.17) is 11.6 Å². The average molecular weight is 311 g/mol. The van der Waals surface area contributed by atoms with Crippen LogP contribution >= 0.6 is 38.9 Å². The third-order valence-corrected chi connectivity index (χ3v) is 4.79. The summed E-state index contributed by atoms with van der Waals surface area (Å²) >= 11 is 11.0. The molecule has 1 heterocycles. The summed E-state index contributed by atoms with van der Waals surface area (Å²) in [6, 6.07) is 2.68. The van der Waals surface area contributed by atoms with E-state index in [0.29, 0.717) is 6.04 Å². The third-order valence-electron chi connectivity index (χ3n) is 2.31. The average Bonchev–Trinajstić information content (AvgIpc) is 2.52. The Morgan fingerprint density at radius 2 is 2.33 bits per heavy atom. The van der Waals surface area contributed by atoms with E-state index < -0.39 is 0 Å². The van der Waals surface area contributed by atoms with E-state index in [0.717, 1.165) is 15.4 Å². The van der Waals surface area contributed by atoms with Crippen molar-refractivity contribution in [1.29, 1.82) is 0 Å². The lowest BCUT2D eigenvalue weighted by Crippen LogP contribution is -2.24. The highest BCUT2D eigenvalue weighted by atomic mass is 79.9. The predicted molar refractivity (Wildman–Crippen MR) is 72.9 cm³/mol. The number of halogens is 2. The largest absolute Gasteiger partial charge is 0.309 e. The molecule has 4 heteroatoms. The molecule has 0 bridgehead atoms. The molecule has 1 N–H and O–H groups in total. The van der Waals surface area contributed by atoms with Crippen LogP contribution in [0.5, 0.6) is 0 Å². The Morgan fingerprint density at radius 3 is 2.87 bits per heavy atom. The summed E-state index contributed by atoms with van der Waals surface area (Å²) in [5, 5.41) is 3.51. The van der Waals surface area contributed by atoms with Crippen LogP contribution in [0, 0.1) is 0 Å². The van der Waals surface area contributed by atoms with E-state index in [9.17, 15) is 0 Å². The lowest BCUT2D eigenvalue weighted by Gasteiger charge is -2.11. The molecule has 1 rings (SSSR count). The van der Waals surface area contributed by atoms with Gasteiger partial charge in [0.15, 0.2) is 0 Å². The molecule has 1 aromatic rings. The van der Waals surface area contributed by atoms with E-state index in [1.165, 1.54) is 24.1 Å². The highest BCUT2D eigenvalue weighted by Crippen LogP contribution is 2.31. The van der Waals surface area contributed by atoms with Gasteiger partial charge in [0.25, 0.3) is 0 Å². The van der Waals surface area contributed by atoms with Gasteiger partial charge in [-0.3, -0.25) is 0 Å². The first-order valence-electron chi connectivity index (χ1n) is 5.30. The maximum atomic E-state index is 5.97. The molecular weight excluding hydrogens is 294 g/mol. The van der Waals surface area contributed by atoms with Crippen LogP contribution in [0.4, 0.5) is 0 Å². The Balaban J connectivity index is 2.30. The van der Waals surface area contributed by atoms with Crippen LogP contribution in [0.1, 0.15) is 38.0 Å². The van der Waals surface area contributed by atoms with Gasteiger partial charge in [-0.25, -0.2) is 0 Å². The van der Waals surface area contributed by atoms with Gasteiger partial charge in [0.2, 0.25) is 0 Å². The van der Waals surface area contributed by atoms with Gasteiger partial charge < -0.3 is 5.32 Å². The Kier molecular flexibility index (Phi) is 6.20. The molecule has 0 fully saturated rings. The first-order chi connectivity index (χ1) is 7.13. The number of hydrogen-bond acceptors (Lipinski definition) is 2.